The molecular weight excluding hydrogens is 775 g/mol. The predicted octanol–water partition coefficient (Wildman–Crippen LogP) is 4.62. The average molecular weight is 819 g/mol. The summed E-state index contributed by atoms with van der Waals surface area (Å²) in [7, 11) is -4.07. The van der Waals surface area contributed by atoms with E-state index >= 15 is 26.3 Å². The molecule has 0 radical (unpaired) electrons. The molecule has 8 nitrogen and oxygen atoms in total. The van der Waals surface area contributed by atoms with Gasteiger partial charge in [0.25, 0.3) is 0 Å². The molecule has 4 unspecified atom stereocenters. The van der Waals surface area contributed by atoms with E-state index < -0.39 is 146 Å². The first-order valence-electron chi connectivity index (χ1n) is 20.3. The fourth-order valence-electron chi connectivity index (χ4n) is 16.4. The van der Waals surface area contributed by atoms with E-state index in [1.165, 1.54) is 10.4 Å². The molecule has 4 aliphatic carbocycles. The summed E-state index contributed by atoms with van der Waals surface area (Å²) in [6.45, 7) is 13.0. The van der Waals surface area contributed by atoms with Crippen LogP contribution in [0.2, 0.25) is 39.3 Å². The maximum Gasteiger partial charge on any atom is 0.418 e. The van der Waals surface area contributed by atoms with Crippen molar-refractivity contribution in [2.45, 2.75) is 99.7 Å². The molecule has 1 aromatic carbocycles. The summed E-state index contributed by atoms with van der Waals surface area (Å²) >= 11 is 0. The quantitative estimate of drug-likeness (QED) is 0.246. The van der Waals surface area contributed by atoms with E-state index in [0.29, 0.717) is 12.8 Å². The number of nitrogens with zero attached hydrogens (tertiary/aromatic N) is 2. The van der Waals surface area contributed by atoms with E-state index in [2.05, 4.69) is 51.4 Å². The SMILES string of the molecule is C[Si](C)(C)c1cc2c(cc1[Si](C)(C)C)C13CCC2(CN2C(=O)[C@@H]4[C@@H]5C[C@H]([C@@H]4C2=O)[C@H]2[C@@H]5C4(C(F)(F)F)OC2(C(F)(F)F)[C@@H]2[C@H]5C[C@H]([C@@H]6C(=O)N(C1)C(=O)[C@H]56)[C@@H]24)O3. The number of ether oxygens (including phenoxy) is 2. The summed E-state index contributed by atoms with van der Waals surface area (Å²) in [5.41, 5.74) is -7.36. The van der Waals surface area contributed by atoms with Crippen molar-refractivity contribution in [1.29, 1.82) is 0 Å². The van der Waals surface area contributed by atoms with Gasteiger partial charge in [0.15, 0.2) is 11.2 Å². The Bertz CT molecular complexity index is 1950. The van der Waals surface area contributed by atoms with Crippen molar-refractivity contribution >= 4 is 50.1 Å². The second-order valence-corrected chi connectivity index (χ2v) is 31.7. The van der Waals surface area contributed by atoms with E-state index in [9.17, 15) is 19.2 Å². The monoisotopic (exact) mass is 818 g/mol. The topological polar surface area (TPSA) is 93.2 Å². The fraction of sp³-hybridized carbons (Fsp3) is 0.750. The number of hydrogen-bond donors (Lipinski definition) is 0. The Morgan fingerprint density at radius 3 is 1.12 bits per heavy atom. The summed E-state index contributed by atoms with van der Waals surface area (Å²) in [5.74, 6) is -18.8. The lowest BCUT2D eigenvalue weighted by molar-refractivity contribution is -0.329. The molecular formula is C40H44F6N2O6Si2. The van der Waals surface area contributed by atoms with Gasteiger partial charge in [0.05, 0.1) is 52.9 Å². The number of amides is 4. The van der Waals surface area contributed by atoms with Gasteiger partial charge in [-0.3, -0.25) is 29.0 Å². The Morgan fingerprint density at radius 2 is 0.857 bits per heavy atom. The Kier molecular flexibility index (Phi) is 5.94. The van der Waals surface area contributed by atoms with Crippen LogP contribution < -0.4 is 10.4 Å². The number of benzene rings is 1. The van der Waals surface area contributed by atoms with Gasteiger partial charge < -0.3 is 9.47 Å². The Balaban J connectivity index is 1.11. The molecule has 4 amide bonds. The van der Waals surface area contributed by atoms with Crippen LogP contribution in [0, 0.1) is 71.0 Å². The van der Waals surface area contributed by atoms with Crippen molar-refractivity contribution in [2.24, 2.45) is 71.0 Å². The van der Waals surface area contributed by atoms with E-state index in [1.807, 2.05) is 0 Å². The largest absolute Gasteiger partial charge is 0.418 e. The normalized spacial score (nSPS) is 49.9. The molecule has 0 spiro atoms. The highest BCUT2D eigenvalue weighted by atomic mass is 28.3. The molecule has 0 aromatic heterocycles. The minimum atomic E-state index is -5.27. The highest BCUT2D eigenvalue weighted by Gasteiger charge is 2.97. The zero-order valence-corrected chi connectivity index (χ0v) is 33.9. The number of imide groups is 2. The molecule has 0 N–H and O–H groups in total. The lowest BCUT2D eigenvalue weighted by Gasteiger charge is -2.53. The third-order valence-electron chi connectivity index (χ3n) is 17.6. The molecule has 8 aliphatic heterocycles. The number of carbonyl (C=O) groups is 4. The molecule has 56 heavy (non-hydrogen) atoms. The van der Waals surface area contributed by atoms with Crippen molar-refractivity contribution in [1.82, 2.24) is 9.80 Å². The number of halogens is 6. The van der Waals surface area contributed by atoms with Gasteiger partial charge in [-0.05, 0) is 60.5 Å². The van der Waals surface area contributed by atoms with Crippen molar-refractivity contribution in [3.63, 3.8) is 0 Å². The first-order valence-corrected chi connectivity index (χ1v) is 27.3. The van der Waals surface area contributed by atoms with Crippen LogP contribution >= 0.6 is 0 Å². The molecule has 11 fully saturated rings. The molecule has 12 aliphatic rings. The minimum Gasteiger partial charge on any atom is -0.355 e. The number of fused-ring (bicyclic) bond motifs is 1. The first kappa shape index (κ1) is 35.4. The van der Waals surface area contributed by atoms with Crippen LogP contribution in [-0.2, 0) is 39.9 Å². The van der Waals surface area contributed by atoms with E-state index in [1.54, 1.807) is 0 Å². The van der Waals surface area contributed by atoms with Crippen molar-refractivity contribution in [3.05, 3.63) is 23.3 Å². The highest BCUT2D eigenvalue weighted by Crippen LogP contribution is 2.86. The van der Waals surface area contributed by atoms with Crippen LogP contribution in [-0.4, -0.2) is 86.2 Å². The van der Waals surface area contributed by atoms with Crippen LogP contribution in [0.4, 0.5) is 26.3 Å². The second-order valence-electron chi connectivity index (χ2n) is 21.6. The predicted molar refractivity (Wildman–Crippen MR) is 189 cm³/mol. The molecule has 4 saturated carbocycles. The lowest BCUT2D eigenvalue weighted by Crippen LogP contribution is -2.66. The second kappa shape index (κ2) is 9.41. The number of carbonyl (C=O) groups excluding carboxylic acids is 4. The van der Waals surface area contributed by atoms with Gasteiger partial charge in [0.1, 0.15) is 11.2 Å². The van der Waals surface area contributed by atoms with Gasteiger partial charge in [-0.25, -0.2) is 0 Å². The molecule has 16 atom stereocenters. The van der Waals surface area contributed by atoms with Gasteiger partial charge in [0.2, 0.25) is 23.6 Å². The van der Waals surface area contributed by atoms with Gasteiger partial charge >= 0.3 is 12.4 Å². The maximum absolute atomic E-state index is 16.1. The molecule has 16 heteroatoms. The number of hydrogen-bond acceptors (Lipinski definition) is 6. The van der Waals surface area contributed by atoms with Crippen molar-refractivity contribution < 1.29 is 55.0 Å². The van der Waals surface area contributed by atoms with Gasteiger partial charge in [-0.2, -0.15) is 26.3 Å². The van der Waals surface area contributed by atoms with Gasteiger partial charge in [0, 0.05) is 23.7 Å². The number of alkyl halides is 6. The van der Waals surface area contributed by atoms with E-state index in [4.69, 9.17) is 9.47 Å². The molecule has 13 rings (SSSR count). The third-order valence-corrected chi connectivity index (χ3v) is 22.0. The summed E-state index contributed by atoms with van der Waals surface area (Å²) < 4.78 is 109. The lowest BCUT2D eigenvalue weighted by atomic mass is 9.46. The summed E-state index contributed by atoms with van der Waals surface area (Å²) in [5, 5.41) is 2.45. The highest BCUT2D eigenvalue weighted by molar-refractivity contribution is 6.98. The Hall–Kier alpha value is -2.57. The number of rotatable bonds is 2. The standard InChI is InChI=1S/C40H44F6N2O6Si2/c1-55(2,3)21-11-19-20(12-22(21)56(4,5)6)36-8-7-35(19,53-36)13-47-31(49)23-15-9-16(24(23)32(47)50)28-27(15)37(39(41,42)43)29-17-10-18(30(29)38(28,54-37)40(44,45)46)26-25(17)33(51)48(14-36)34(26)52/h11-12,15-18,23-30H,7-10,13-14H2,1-6H3/t15-,16+,17+,18-,23+,24-,25-,26+,27+,28-,29-,30+,35?,36?,37?,38?. The van der Waals surface area contributed by atoms with Gasteiger partial charge in [-0.1, -0.05) is 61.8 Å². The first-order chi connectivity index (χ1) is 25.9. The summed E-state index contributed by atoms with van der Waals surface area (Å²) in [6.07, 6.45) is -10.0. The molecule has 7 saturated heterocycles. The van der Waals surface area contributed by atoms with Crippen LogP contribution in [0.15, 0.2) is 12.1 Å². The molecule has 1 aromatic rings. The zero-order valence-electron chi connectivity index (χ0n) is 31.9. The summed E-state index contributed by atoms with van der Waals surface area (Å²) in [6, 6.07) is 4.34. The zero-order chi connectivity index (χ0) is 39.8. The maximum atomic E-state index is 16.1. The smallest absolute Gasteiger partial charge is 0.355 e. The molecule has 14 bridgehead atoms. The van der Waals surface area contributed by atoms with Crippen LogP contribution in [0.25, 0.3) is 0 Å². The summed E-state index contributed by atoms with van der Waals surface area (Å²) in [4.78, 5) is 61.1. The van der Waals surface area contributed by atoms with E-state index in [0.717, 1.165) is 20.9 Å². The minimum absolute atomic E-state index is 0.102. The average Bonchev–Trinajstić information content (AvgIpc) is 3.95. The molecule has 8 heterocycles. The van der Waals surface area contributed by atoms with Gasteiger partial charge in [-0.15, -0.1) is 0 Å². The fourth-order valence-corrected chi connectivity index (χ4v) is 21.6. The van der Waals surface area contributed by atoms with Crippen LogP contribution in [0.1, 0.15) is 36.8 Å². The Labute approximate surface area is 321 Å². The van der Waals surface area contributed by atoms with E-state index in [-0.39, 0.29) is 25.9 Å². The molecule has 300 valence electrons. The van der Waals surface area contributed by atoms with Crippen LogP contribution in [0.5, 0.6) is 0 Å². The van der Waals surface area contributed by atoms with Crippen molar-refractivity contribution in [3.8, 4) is 0 Å². The van der Waals surface area contributed by atoms with Crippen molar-refractivity contribution in [2.75, 3.05) is 13.1 Å². The Morgan fingerprint density at radius 1 is 0.554 bits per heavy atom. The third kappa shape index (κ3) is 3.39. The van der Waals surface area contributed by atoms with Crippen LogP contribution in [0.3, 0.4) is 0 Å².